The molecule has 1 aliphatic heterocycles. The molecule has 0 unspecified atom stereocenters. The summed E-state index contributed by atoms with van der Waals surface area (Å²) in [6.07, 6.45) is -4.53. The fourth-order valence-electron chi connectivity index (χ4n) is 7.67. The average Bonchev–Trinajstić information content (AvgIpc) is 3.65. The van der Waals surface area contributed by atoms with Gasteiger partial charge in [-0.1, -0.05) is 115 Å². The Labute approximate surface area is 303 Å². The van der Waals surface area contributed by atoms with Crippen molar-refractivity contribution < 1.29 is 22.8 Å². The quantitative estimate of drug-likeness (QED) is 0.168. The van der Waals surface area contributed by atoms with Crippen molar-refractivity contribution in [3.05, 3.63) is 180 Å². The molecule has 0 saturated carbocycles. The smallest absolute Gasteiger partial charge is 0.308 e. The standard InChI is InChI=1S/C46H29F3N2O2/c1-28-24-32(26-33(25-28)46(47,48)49)34-17-10-18-36-35-16-8-9-20-39(35)50(43(34)36)41-21-11-19-37-42(41)45(53)51(44(37)52)40-23-22-31(29-12-4-2-5-13-29)27-38(40)30-14-6-3-7-15-30/h2-27H,1H3. The molecule has 4 nitrogen and oxygen atoms in total. The van der Waals surface area contributed by atoms with E-state index in [1.165, 1.54) is 11.0 Å². The van der Waals surface area contributed by atoms with Gasteiger partial charge in [0.05, 0.1) is 39.1 Å². The molecule has 2 heterocycles. The second kappa shape index (κ2) is 12.2. The number of carbonyl (C=O) groups excluding carboxylic acids is 2. The minimum Gasteiger partial charge on any atom is -0.308 e. The van der Waals surface area contributed by atoms with Gasteiger partial charge < -0.3 is 4.57 Å². The van der Waals surface area contributed by atoms with Crippen LogP contribution in [0.1, 0.15) is 31.8 Å². The maximum atomic E-state index is 14.9. The van der Waals surface area contributed by atoms with E-state index in [2.05, 4.69) is 0 Å². The highest BCUT2D eigenvalue weighted by Crippen LogP contribution is 2.44. The van der Waals surface area contributed by atoms with E-state index in [0.29, 0.717) is 33.6 Å². The lowest BCUT2D eigenvalue weighted by atomic mass is 9.97. The highest BCUT2D eigenvalue weighted by molar-refractivity contribution is 6.36. The van der Waals surface area contributed by atoms with E-state index in [0.717, 1.165) is 44.6 Å². The first-order chi connectivity index (χ1) is 25.7. The Hall–Kier alpha value is -6.73. The van der Waals surface area contributed by atoms with E-state index in [1.54, 1.807) is 37.3 Å². The van der Waals surface area contributed by atoms with Crippen LogP contribution in [0.25, 0.3) is 60.9 Å². The largest absolute Gasteiger partial charge is 0.416 e. The number of imide groups is 1. The number of rotatable bonds is 5. The number of halogens is 3. The second-order valence-electron chi connectivity index (χ2n) is 13.2. The van der Waals surface area contributed by atoms with E-state index < -0.39 is 23.6 Å². The Kier molecular flexibility index (Phi) is 7.41. The first kappa shape index (κ1) is 32.2. The number of hydrogen-bond acceptors (Lipinski definition) is 2. The molecule has 9 rings (SSSR count). The molecule has 7 heteroatoms. The van der Waals surface area contributed by atoms with Crippen LogP contribution in [0.15, 0.2) is 158 Å². The van der Waals surface area contributed by atoms with E-state index >= 15 is 0 Å². The van der Waals surface area contributed by atoms with Crippen molar-refractivity contribution in [1.29, 1.82) is 0 Å². The monoisotopic (exact) mass is 698 g/mol. The van der Waals surface area contributed by atoms with Crippen LogP contribution in [0.2, 0.25) is 0 Å². The zero-order valence-corrected chi connectivity index (χ0v) is 28.4. The van der Waals surface area contributed by atoms with Crippen molar-refractivity contribution in [2.24, 2.45) is 0 Å². The zero-order chi connectivity index (χ0) is 36.4. The molecule has 0 saturated heterocycles. The third-order valence-corrected chi connectivity index (χ3v) is 9.97. The van der Waals surface area contributed by atoms with E-state index in [1.807, 2.05) is 120 Å². The summed E-state index contributed by atoms with van der Waals surface area (Å²) in [5.41, 5.74) is 6.99. The molecule has 0 fully saturated rings. The van der Waals surface area contributed by atoms with Crippen LogP contribution in [0.4, 0.5) is 18.9 Å². The van der Waals surface area contributed by atoms with Crippen LogP contribution < -0.4 is 4.90 Å². The lowest BCUT2D eigenvalue weighted by Gasteiger charge is -2.20. The number of aromatic nitrogens is 1. The van der Waals surface area contributed by atoms with Crippen molar-refractivity contribution in [1.82, 2.24) is 4.57 Å². The van der Waals surface area contributed by atoms with Crippen LogP contribution >= 0.6 is 0 Å². The second-order valence-corrected chi connectivity index (χ2v) is 13.2. The zero-order valence-electron chi connectivity index (χ0n) is 28.4. The Bertz CT molecular complexity index is 2770. The first-order valence-corrected chi connectivity index (χ1v) is 17.2. The molecule has 53 heavy (non-hydrogen) atoms. The molecule has 0 aliphatic carbocycles. The summed E-state index contributed by atoms with van der Waals surface area (Å²) >= 11 is 0. The Morgan fingerprint density at radius 3 is 1.91 bits per heavy atom. The number of aryl methyl sites for hydroxylation is 1. The Morgan fingerprint density at radius 2 is 1.15 bits per heavy atom. The summed E-state index contributed by atoms with van der Waals surface area (Å²) < 4.78 is 44.1. The van der Waals surface area contributed by atoms with Gasteiger partial charge in [-0.3, -0.25) is 9.59 Å². The number of hydrogen-bond donors (Lipinski definition) is 0. The number of fused-ring (bicyclic) bond motifs is 4. The minimum atomic E-state index is -4.53. The molecule has 2 amide bonds. The first-order valence-electron chi connectivity index (χ1n) is 17.2. The van der Waals surface area contributed by atoms with Gasteiger partial charge >= 0.3 is 6.18 Å². The number of alkyl halides is 3. The molecule has 0 spiro atoms. The summed E-state index contributed by atoms with van der Waals surface area (Å²) in [5.74, 6) is -0.936. The number of amides is 2. The van der Waals surface area contributed by atoms with Crippen LogP contribution in [0.5, 0.6) is 0 Å². The normalized spacial score (nSPS) is 12.9. The highest BCUT2D eigenvalue weighted by Gasteiger charge is 2.40. The number of carbonyl (C=O) groups is 2. The molecular formula is C46H29F3N2O2. The van der Waals surface area contributed by atoms with Crippen LogP contribution in [-0.4, -0.2) is 16.4 Å². The Balaban J connectivity index is 1.27. The van der Waals surface area contributed by atoms with Gasteiger partial charge in [0, 0.05) is 21.9 Å². The maximum Gasteiger partial charge on any atom is 0.416 e. The van der Waals surface area contributed by atoms with Crippen molar-refractivity contribution in [2.45, 2.75) is 13.1 Å². The Morgan fingerprint density at radius 1 is 0.491 bits per heavy atom. The molecule has 1 aliphatic rings. The van der Waals surface area contributed by atoms with Gasteiger partial charge in [0.15, 0.2) is 0 Å². The molecule has 0 radical (unpaired) electrons. The van der Waals surface area contributed by atoms with E-state index in [4.69, 9.17) is 0 Å². The number of nitrogens with zero attached hydrogens (tertiary/aromatic N) is 2. The molecule has 0 bridgehead atoms. The molecule has 8 aromatic rings. The molecule has 0 N–H and O–H groups in total. The van der Waals surface area contributed by atoms with Crippen LogP contribution in [-0.2, 0) is 6.18 Å². The van der Waals surface area contributed by atoms with Gasteiger partial charge in [-0.15, -0.1) is 0 Å². The summed E-state index contributed by atoms with van der Waals surface area (Å²) in [6, 6.07) is 47.8. The molecular weight excluding hydrogens is 670 g/mol. The maximum absolute atomic E-state index is 14.9. The van der Waals surface area contributed by atoms with E-state index in [9.17, 15) is 22.8 Å². The fraction of sp³-hybridized carbons (Fsp3) is 0.0435. The van der Waals surface area contributed by atoms with Crippen molar-refractivity contribution in [3.8, 4) is 39.1 Å². The van der Waals surface area contributed by atoms with Crippen molar-refractivity contribution >= 4 is 39.3 Å². The molecule has 7 aromatic carbocycles. The minimum absolute atomic E-state index is 0.223. The van der Waals surface area contributed by atoms with Crippen LogP contribution in [0.3, 0.4) is 0 Å². The predicted molar refractivity (Wildman–Crippen MR) is 204 cm³/mol. The van der Waals surface area contributed by atoms with Gasteiger partial charge in [0.2, 0.25) is 0 Å². The van der Waals surface area contributed by atoms with Crippen molar-refractivity contribution in [2.75, 3.05) is 4.90 Å². The third-order valence-electron chi connectivity index (χ3n) is 9.97. The number of anilines is 1. The van der Waals surface area contributed by atoms with Crippen molar-refractivity contribution in [3.63, 3.8) is 0 Å². The molecule has 0 atom stereocenters. The van der Waals surface area contributed by atoms with E-state index in [-0.39, 0.29) is 11.1 Å². The van der Waals surface area contributed by atoms with Gasteiger partial charge in [0.1, 0.15) is 0 Å². The molecule has 256 valence electrons. The molecule has 1 aromatic heterocycles. The highest BCUT2D eigenvalue weighted by atomic mass is 19.4. The summed E-state index contributed by atoms with van der Waals surface area (Å²) in [7, 11) is 0. The number of benzene rings is 7. The lowest BCUT2D eigenvalue weighted by Crippen LogP contribution is -2.30. The average molecular weight is 699 g/mol. The van der Waals surface area contributed by atoms with Gasteiger partial charge in [-0.05, 0) is 77.2 Å². The fourth-order valence-corrected chi connectivity index (χ4v) is 7.67. The van der Waals surface area contributed by atoms with Crippen LogP contribution in [0, 0.1) is 6.92 Å². The van der Waals surface area contributed by atoms with Gasteiger partial charge in [-0.25, -0.2) is 4.90 Å². The SMILES string of the molecule is Cc1cc(-c2cccc3c4ccccc4n(-c4cccc5c4C(=O)N(c4ccc(-c6ccccc6)cc4-c4ccccc4)C5=O)c23)cc(C(F)(F)F)c1. The van der Waals surface area contributed by atoms with Gasteiger partial charge in [0.25, 0.3) is 11.8 Å². The third kappa shape index (κ3) is 5.23. The topological polar surface area (TPSA) is 42.3 Å². The predicted octanol–water partition coefficient (Wildman–Crippen LogP) is 11.9. The lowest BCUT2D eigenvalue weighted by molar-refractivity contribution is -0.137. The summed E-state index contributed by atoms with van der Waals surface area (Å²) in [5, 5.41) is 1.67. The summed E-state index contributed by atoms with van der Waals surface area (Å²) in [4.78, 5) is 30.5. The number of para-hydroxylation sites is 2. The summed E-state index contributed by atoms with van der Waals surface area (Å²) in [6.45, 7) is 1.65. The van der Waals surface area contributed by atoms with Gasteiger partial charge in [-0.2, -0.15) is 13.2 Å².